The number of rotatable bonds is 5. The van der Waals surface area contributed by atoms with E-state index in [0.717, 1.165) is 12.8 Å². The number of aliphatic carboxylic acids is 1. The molecule has 7 nitrogen and oxygen atoms in total. The van der Waals surface area contributed by atoms with E-state index in [4.69, 9.17) is 5.11 Å². The normalized spacial score (nSPS) is 18.4. The van der Waals surface area contributed by atoms with Crippen molar-refractivity contribution < 1.29 is 14.7 Å². The van der Waals surface area contributed by atoms with Crippen molar-refractivity contribution in [3.05, 3.63) is 12.7 Å². The van der Waals surface area contributed by atoms with Crippen LogP contribution in [-0.4, -0.2) is 37.3 Å². The van der Waals surface area contributed by atoms with Crippen LogP contribution in [0, 0.1) is 5.92 Å². The van der Waals surface area contributed by atoms with Gasteiger partial charge in [0.1, 0.15) is 24.7 Å². The summed E-state index contributed by atoms with van der Waals surface area (Å²) in [5.74, 6) is -1.33. The molecule has 7 heteroatoms. The molecule has 1 aliphatic carbocycles. The number of aromatic nitrogens is 3. The molecule has 17 heavy (non-hydrogen) atoms. The molecule has 1 heterocycles. The van der Waals surface area contributed by atoms with Crippen molar-refractivity contribution in [3.8, 4) is 0 Å². The SMILES string of the molecule is CC(NC(=O)Cn1cncn1)(C(=O)O)C1CC1. The molecule has 0 aromatic carbocycles. The van der Waals surface area contributed by atoms with E-state index < -0.39 is 11.5 Å². The third-order valence-corrected chi connectivity index (χ3v) is 3.01. The lowest BCUT2D eigenvalue weighted by molar-refractivity contribution is -0.148. The number of nitrogens with zero attached hydrogens (tertiary/aromatic N) is 3. The van der Waals surface area contributed by atoms with Gasteiger partial charge in [0, 0.05) is 0 Å². The zero-order chi connectivity index (χ0) is 12.5. The van der Waals surface area contributed by atoms with Crippen molar-refractivity contribution in [3.63, 3.8) is 0 Å². The number of carboxylic acids is 1. The first-order valence-electron chi connectivity index (χ1n) is 5.39. The number of amides is 1. The molecule has 1 atom stereocenters. The molecule has 1 saturated carbocycles. The highest BCUT2D eigenvalue weighted by Crippen LogP contribution is 2.39. The summed E-state index contributed by atoms with van der Waals surface area (Å²) in [4.78, 5) is 26.6. The Morgan fingerprint density at radius 3 is 2.76 bits per heavy atom. The van der Waals surface area contributed by atoms with Crippen LogP contribution in [0.4, 0.5) is 0 Å². The van der Waals surface area contributed by atoms with Gasteiger partial charge in [-0.15, -0.1) is 0 Å². The standard InChI is InChI=1S/C10H14N4O3/c1-10(9(16)17,7-2-3-7)13-8(15)4-14-6-11-5-12-14/h5-7H,2-4H2,1H3,(H,13,15)(H,16,17). The van der Waals surface area contributed by atoms with Crippen LogP contribution < -0.4 is 5.32 Å². The largest absolute Gasteiger partial charge is 0.480 e. The van der Waals surface area contributed by atoms with Gasteiger partial charge in [0.15, 0.2) is 0 Å². The minimum Gasteiger partial charge on any atom is -0.480 e. The second-order valence-electron chi connectivity index (χ2n) is 4.42. The molecule has 92 valence electrons. The van der Waals surface area contributed by atoms with E-state index in [2.05, 4.69) is 15.4 Å². The molecular formula is C10H14N4O3. The number of carboxylic acid groups (broad SMARTS) is 1. The van der Waals surface area contributed by atoms with Crippen molar-refractivity contribution in [2.45, 2.75) is 31.8 Å². The summed E-state index contributed by atoms with van der Waals surface area (Å²) in [7, 11) is 0. The number of nitrogens with one attached hydrogen (secondary N) is 1. The van der Waals surface area contributed by atoms with E-state index in [1.54, 1.807) is 6.92 Å². The van der Waals surface area contributed by atoms with Crippen molar-refractivity contribution in [1.29, 1.82) is 0 Å². The maximum absolute atomic E-state index is 11.7. The number of carbonyl (C=O) groups is 2. The van der Waals surface area contributed by atoms with Gasteiger partial charge in [-0.2, -0.15) is 5.10 Å². The molecule has 1 unspecified atom stereocenters. The second-order valence-corrected chi connectivity index (χ2v) is 4.42. The maximum atomic E-state index is 11.7. The lowest BCUT2D eigenvalue weighted by Gasteiger charge is -2.26. The topological polar surface area (TPSA) is 97.1 Å². The monoisotopic (exact) mass is 238 g/mol. The average molecular weight is 238 g/mol. The van der Waals surface area contributed by atoms with Gasteiger partial charge in [0.05, 0.1) is 0 Å². The number of carbonyl (C=O) groups excluding carboxylic acids is 1. The van der Waals surface area contributed by atoms with Gasteiger partial charge < -0.3 is 10.4 Å². The number of hydrogen-bond donors (Lipinski definition) is 2. The highest BCUT2D eigenvalue weighted by molar-refractivity contribution is 5.87. The molecule has 0 bridgehead atoms. The summed E-state index contributed by atoms with van der Waals surface area (Å²) in [6.07, 6.45) is 4.41. The fraction of sp³-hybridized carbons (Fsp3) is 0.600. The predicted octanol–water partition coefficient (Wildman–Crippen LogP) is -0.352. The Labute approximate surface area is 97.8 Å². The van der Waals surface area contributed by atoms with Gasteiger partial charge in [-0.1, -0.05) is 0 Å². The molecule has 0 saturated heterocycles. The molecule has 1 amide bonds. The first-order valence-corrected chi connectivity index (χ1v) is 5.39. The lowest BCUT2D eigenvalue weighted by atomic mass is 9.96. The third-order valence-electron chi connectivity index (χ3n) is 3.01. The van der Waals surface area contributed by atoms with E-state index in [1.807, 2.05) is 0 Å². The van der Waals surface area contributed by atoms with Crippen molar-refractivity contribution in [1.82, 2.24) is 20.1 Å². The van der Waals surface area contributed by atoms with Crippen molar-refractivity contribution in [2.24, 2.45) is 5.92 Å². The molecular weight excluding hydrogens is 224 g/mol. The van der Waals surface area contributed by atoms with Crippen LogP contribution >= 0.6 is 0 Å². The highest BCUT2D eigenvalue weighted by atomic mass is 16.4. The number of hydrogen-bond acceptors (Lipinski definition) is 4. The van der Waals surface area contributed by atoms with Crippen LogP contribution in [0.5, 0.6) is 0 Å². The minimum atomic E-state index is -1.17. The van der Waals surface area contributed by atoms with Gasteiger partial charge in [-0.3, -0.25) is 4.79 Å². The van der Waals surface area contributed by atoms with Crippen LogP contribution in [0.15, 0.2) is 12.7 Å². The van der Waals surface area contributed by atoms with Crippen LogP contribution in [0.2, 0.25) is 0 Å². The Morgan fingerprint density at radius 1 is 1.59 bits per heavy atom. The molecule has 0 radical (unpaired) electrons. The lowest BCUT2D eigenvalue weighted by Crippen LogP contribution is -2.54. The fourth-order valence-electron chi connectivity index (χ4n) is 1.78. The molecule has 1 aromatic rings. The van der Waals surface area contributed by atoms with E-state index in [1.165, 1.54) is 17.3 Å². The Bertz CT molecular complexity index is 427. The third kappa shape index (κ3) is 2.43. The molecule has 2 rings (SSSR count). The van der Waals surface area contributed by atoms with E-state index in [0.29, 0.717) is 0 Å². The van der Waals surface area contributed by atoms with Crippen LogP contribution in [-0.2, 0) is 16.1 Å². The van der Waals surface area contributed by atoms with E-state index >= 15 is 0 Å². The molecule has 1 aliphatic rings. The zero-order valence-corrected chi connectivity index (χ0v) is 9.46. The van der Waals surface area contributed by atoms with E-state index in [9.17, 15) is 9.59 Å². The zero-order valence-electron chi connectivity index (χ0n) is 9.46. The van der Waals surface area contributed by atoms with Gasteiger partial charge in [0.2, 0.25) is 5.91 Å². The second kappa shape index (κ2) is 4.15. The first kappa shape index (κ1) is 11.6. The fourth-order valence-corrected chi connectivity index (χ4v) is 1.78. The Kier molecular flexibility index (Phi) is 2.83. The quantitative estimate of drug-likeness (QED) is 0.730. The summed E-state index contributed by atoms with van der Waals surface area (Å²) >= 11 is 0. The Morgan fingerprint density at radius 2 is 2.29 bits per heavy atom. The average Bonchev–Trinajstić information content (AvgIpc) is 2.99. The summed E-state index contributed by atoms with van der Waals surface area (Å²) in [5.41, 5.74) is -1.17. The summed E-state index contributed by atoms with van der Waals surface area (Å²) in [6.45, 7) is 1.53. The Hall–Kier alpha value is -1.92. The molecule has 0 spiro atoms. The summed E-state index contributed by atoms with van der Waals surface area (Å²) < 4.78 is 1.35. The minimum absolute atomic E-state index is 0.0183. The molecule has 2 N–H and O–H groups in total. The predicted molar refractivity (Wildman–Crippen MR) is 56.9 cm³/mol. The highest BCUT2D eigenvalue weighted by Gasteiger charge is 2.48. The van der Waals surface area contributed by atoms with Crippen LogP contribution in [0.1, 0.15) is 19.8 Å². The molecule has 0 aliphatic heterocycles. The van der Waals surface area contributed by atoms with Gasteiger partial charge >= 0.3 is 5.97 Å². The Balaban J connectivity index is 1.99. The maximum Gasteiger partial charge on any atom is 0.329 e. The van der Waals surface area contributed by atoms with Gasteiger partial charge in [-0.05, 0) is 25.7 Å². The summed E-state index contributed by atoms with van der Waals surface area (Å²) in [6, 6.07) is 0. The summed E-state index contributed by atoms with van der Waals surface area (Å²) in [5, 5.41) is 15.5. The van der Waals surface area contributed by atoms with Crippen molar-refractivity contribution >= 4 is 11.9 Å². The van der Waals surface area contributed by atoms with Crippen molar-refractivity contribution in [2.75, 3.05) is 0 Å². The smallest absolute Gasteiger partial charge is 0.329 e. The first-order chi connectivity index (χ1) is 8.02. The molecule has 1 fully saturated rings. The van der Waals surface area contributed by atoms with E-state index in [-0.39, 0.29) is 18.4 Å². The van der Waals surface area contributed by atoms with Crippen LogP contribution in [0.25, 0.3) is 0 Å². The molecule has 1 aromatic heterocycles. The van der Waals surface area contributed by atoms with Crippen LogP contribution in [0.3, 0.4) is 0 Å². The van der Waals surface area contributed by atoms with Gasteiger partial charge in [0.25, 0.3) is 0 Å². The van der Waals surface area contributed by atoms with Gasteiger partial charge in [-0.25, -0.2) is 14.5 Å².